The van der Waals surface area contributed by atoms with E-state index < -0.39 is 0 Å². The fourth-order valence-electron chi connectivity index (χ4n) is 2.67. The highest BCUT2D eigenvalue weighted by molar-refractivity contribution is 5.68. The molecule has 6 nitrogen and oxygen atoms in total. The van der Waals surface area contributed by atoms with E-state index in [1.54, 1.807) is 13.3 Å². The molecule has 2 aromatic rings. The van der Waals surface area contributed by atoms with Gasteiger partial charge in [-0.25, -0.2) is 0 Å². The summed E-state index contributed by atoms with van der Waals surface area (Å²) >= 11 is 0. The van der Waals surface area contributed by atoms with E-state index in [1.165, 1.54) is 11.3 Å². The number of benzene rings is 1. The van der Waals surface area contributed by atoms with Crippen molar-refractivity contribution in [3.05, 3.63) is 36.0 Å². The fourth-order valence-corrected chi connectivity index (χ4v) is 2.67. The molecule has 1 aliphatic heterocycles. The number of nitrogens with zero attached hydrogens (tertiary/aromatic N) is 4. The predicted octanol–water partition coefficient (Wildman–Crippen LogP) is 2.01. The summed E-state index contributed by atoms with van der Waals surface area (Å²) in [6.45, 7) is 3.46. The molecule has 1 unspecified atom stereocenters. The molecule has 0 saturated carbocycles. The van der Waals surface area contributed by atoms with Crippen LogP contribution in [0.1, 0.15) is 12.5 Å². The Hall–Kier alpha value is -2.21. The number of hydrogen-bond donors (Lipinski definition) is 1. The van der Waals surface area contributed by atoms with Gasteiger partial charge in [0.05, 0.1) is 12.8 Å². The summed E-state index contributed by atoms with van der Waals surface area (Å²) in [6, 6.07) is 8.78. The lowest BCUT2D eigenvalue weighted by Gasteiger charge is -2.23. The Labute approximate surface area is 124 Å². The number of methoxy groups -OCH3 is 1. The minimum Gasteiger partial charge on any atom is -0.383 e. The number of nitrogens with one attached hydrogen (secondary N) is 1. The van der Waals surface area contributed by atoms with Gasteiger partial charge in [-0.2, -0.15) is 10.1 Å². The normalized spacial score (nSPS) is 16.9. The quantitative estimate of drug-likeness (QED) is 0.848. The molecule has 1 aromatic carbocycles. The molecule has 0 bridgehead atoms. The number of hydrogen-bond acceptors (Lipinski definition) is 6. The maximum absolute atomic E-state index is 5.01. The van der Waals surface area contributed by atoms with Crippen molar-refractivity contribution in [1.29, 1.82) is 0 Å². The highest BCUT2D eigenvalue weighted by Crippen LogP contribution is 2.36. The zero-order valence-electron chi connectivity index (χ0n) is 12.3. The van der Waals surface area contributed by atoms with Crippen LogP contribution in [0.4, 0.5) is 17.5 Å². The van der Waals surface area contributed by atoms with Crippen LogP contribution in [-0.4, -0.2) is 41.5 Å². The van der Waals surface area contributed by atoms with Crippen molar-refractivity contribution in [2.24, 2.45) is 0 Å². The highest BCUT2D eigenvalue weighted by Gasteiger charge is 2.28. The van der Waals surface area contributed by atoms with Crippen LogP contribution in [0.2, 0.25) is 0 Å². The maximum Gasteiger partial charge on any atom is 0.244 e. The van der Waals surface area contributed by atoms with Gasteiger partial charge in [-0.05, 0) is 25.0 Å². The first-order valence-electron chi connectivity index (χ1n) is 7.09. The molecular weight excluding hydrogens is 266 g/mol. The second kappa shape index (κ2) is 6.05. The number of para-hydroxylation sites is 1. The number of rotatable bonds is 5. The molecule has 21 heavy (non-hydrogen) atoms. The monoisotopic (exact) mass is 285 g/mol. The van der Waals surface area contributed by atoms with Crippen LogP contribution in [0.3, 0.4) is 0 Å². The first-order valence-corrected chi connectivity index (χ1v) is 7.09. The Morgan fingerprint density at radius 2 is 2.24 bits per heavy atom. The molecule has 1 aliphatic rings. The van der Waals surface area contributed by atoms with E-state index in [1.807, 2.05) is 0 Å². The van der Waals surface area contributed by atoms with E-state index in [0.29, 0.717) is 25.1 Å². The topological polar surface area (TPSA) is 63.2 Å². The third-order valence-electron chi connectivity index (χ3n) is 3.59. The lowest BCUT2D eigenvalue weighted by atomic mass is 10.1. The van der Waals surface area contributed by atoms with Crippen LogP contribution in [0.15, 0.2) is 30.5 Å². The Bertz CT molecular complexity index is 619. The second-order valence-electron chi connectivity index (χ2n) is 5.11. The molecule has 1 aromatic heterocycles. The van der Waals surface area contributed by atoms with Crippen molar-refractivity contribution in [1.82, 2.24) is 15.2 Å². The van der Waals surface area contributed by atoms with Gasteiger partial charge in [0.2, 0.25) is 5.95 Å². The molecule has 6 heteroatoms. The zero-order chi connectivity index (χ0) is 14.7. The summed E-state index contributed by atoms with van der Waals surface area (Å²) < 4.78 is 5.01. The predicted molar refractivity (Wildman–Crippen MR) is 81.9 cm³/mol. The van der Waals surface area contributed by atoms with Crippen molar-refractivity contribution < 1.29 is 4.74 Å². The Balaban J connectivity index is 1.85. The van der Waals surface area contributed by atoms with Crippen molar-refractivity contribution in [2.75, 3.05) is 30.5 Å². The number of aromatic nitrogens is 3. The van der Waals surface area contributed by atoms with Gasteiger partial charge >= 0.3 is 0 Å². The molecule has 1 atom stereocenters. The van der Waals surface area contributed by atoms with Crippen molar-refractivity contribution >= 4 is 17.5 Å². The van der Waals surface area contributed by atoms with Gasteiger partial charge in [0.25, 0.3) is 0 Å². The van der Waals surface area contributed by atoms with E-state index in [4.69, 9.17) is 4.74 Å². The van der Waals surface area contributed by atoms with Crippen LogP contribution >= 0.6 is 0 Å². The summed E-state index contributed by atoms with van der Waals surface area (Å²) in [7, 11) is 1.67. The average Bonchev–Trinajstić information content (AvgIpc) is 2.83. The van der Waals surface area contributed by atoms with Gasteiger partial charge < -0.3 is 15.0 Å². The first kappa shape index (κ1) is 13.8. The van der Waals surface area contributed by atoms with E-state index >= 15 is 0 Å². The third-order valence-corrected chi connectivity index (χ3v) is 3.59. The van der Waals surface area contributed by atoms with E-state index in [-0.39, 0.29) is 0 Å². The van der Waals surface area contributed by atoms with Crippen molar-refractivity contribution in [3.8, 4) is 0 Å². The summed E-state index contributed by atoms with van der Waals surface area (Å²) in [5.41, 5.74) is 2.55. The summed E-state index contributed by atoms with van der Waals surface area (Å²) in [4.78, 5) is 6.78. The number of fused-ring (bicyclic) bond motifs is 1. The lowest BCUT2D eigenvalue weighted by molar-refractivity contribution is 0.210. The van der Waals surface area contributed by atoms with E-state index in [2.05, 4.69) is 56.6 Å². The first-order chi connectivity index (χ1) is 10.3. The summed E-state index contributed by atoms with van der Waals surface area (Å²) in [5, 5.41) is 11.2. The standard InChI is InChI=1S/C15H19N5O/c1-11-9-12-5-3-4-6-13(12)20(11)14-10-17-19-15(18-14)16-7-8-21-2/h3-6,10-11H,7-9H2,1-2H3,(H,16,18,19). The molecule has 0 fully saturated rings. The third kappa shape index (κ3) is 2.80. The zero-order valence-corrected chi connectivity index (χ0v) is 12.3. The Morgan fingerprint density at radius 1 is 1.38 bits per heavy atom. The van der Waals surface area contributed by atoms with Gasteiger partial charge in [-0.15, -0.1) is 5.10 Å². The fraction of sp³-hybridized carbons (Fsp3) is 0.400. The van der Waals surface area contributed by atoms with Crippen molar-refractivity contribution in [3.63, 3.8) is 0 Å². The Kier molecular flexibility index (Phi) is 3.96. The van der Waals surface area contributed by atoms with Gasteiger partial charge in [-0.1, -0.05) is 18.2 Å². The largest absolute Gasteiger partial charge is 0.383 e. The molecule has 0 aliphatic carbocycles. The molecule has 2 heterocycles. The van der Waals surface area contributed by atoms with Gasteiger partial charge in [-0.3, -0.25) is 0 Å². The van der Waals surface area contributed by atoms with Crippen LogP contribution in [0, 0.1) is 0 Å². The van der Waals surface area contributed by atoms with Gasteiger partial charge in [0, 0.05) is 25.4 Å². The molecule has 3 rings (SSSR count). The lowest BCUT2D eigenvalue weighted by Crippen LogP contribution is -2.25. The maximum atomic E-state index is 5.01. The van der Waals surface area contributed by atoms with E-state index in [0.717, 1.165) is 12.2 Å². The SMILES string of the molecule is COCCNc1nncc(N2c3ccccc3CC2C)n1. The van der Waals surface area contributed by atoms with Crippen LogP contribution in [-0.2, 0) is 11.2 Å². The second-order valence-corrected chi connectivity index (χ2v) is 5.11. The molecular formula is C15H19N5O. The molecule has 0 radical (unpaired) electrons. The van der Waals surface area contributed by atoms with Crippen LogP contribution < -0.4 is 10.2 Å². The minimum absolute atomic E-state index is 0.367. The average molecular weight is 285 g/mol. The molecule has 0 spiro atoms. The smallest absolute Gasteiger partial charge is 0.244 e. The highest BCUT2D eigenvalue weighted by atomic mass is 16.5. The summed E-state index contributed by atoms with van der Waals surface area (Å²) in [6.07, 6.45) is 2.73. The van der Waals surface area contributed by atoms with Crippen LogP contribution in [0.5, 0.6) is 0 Å². The number of anilines is 3. The minimum atomic E-state index is 0.367. The van der Waals surface area contributed by atoms with Crippen molar-refractivity contribution in [2.45, 2.75) is 19.4 Å². The summed E-state index contributed by atoms with van der Waals surface area (Å²) in [5.74, 6) is 1.35. The van der Waals surface area contributed by atoms with Gasteiger partial charge in [0.1, 0.15) is 0 Å². The molecule has 0 saturated heterocycles. The number of ether oxygens (including phenoxy) is 1. The van der Waals surface area contributed by atoms with E-state index in [9.17, 15) is 0 Å². The Morgan fingerprint density at radius 3 is 3.10 bits per heavy atom. The molecule has 0 amide bonds. The van der Waals surface area contributed by atoms with Gasteiger partial charge in [0.15, 0.2) is 5.82 Å². The van der Waals surface area contributed by atoms with Crippen LogP contribution in [0.25, 0.3) is 0 Å². The molecule has 110 valence electrons. The molecule has 1 N–H and O–H groups in total.